The lowest BCUT2D eigenvalue weighted by molar-refractivity contribution is 0.0599. The standard InChI is InChI=1S/C16H14BrNO4/c1-21-15(19)12-8-5-9-13(14(12)17)18-16(20)22-10-11-6-3-2-4-7-11/h2-9H,10H2,1H3,(H,18,20). The summed E-state index contributed by atoms with van der Waals surface area (Å²) in [6.07, 6.45) is -0.605. The van der Waals surface area contributed by atoms with E-state index in [2.05, 4.69) is 26.0 Å². The maximum absolute atomic E-state index is 11.8. The Labute approximate surface area is 136 Å². The lowest BCUT2D eigenvalue weighted by atomic mass is 10.2. The molecule has 0 heterocycles. The van der Waals surface area contributed by atoms with E-state index in [0.29, 0.717) is 15.7 Å². The summed E-state index contributed by atoms with van der Waals surface area (Å²) in [4.78, 5) is 23.4. The molecule has 2 aromatic carbocycles. The Morgan fingerprint density at radius 1 is 1.09 bits per heavy atom. The highest BCUT2D eigenvalue weighted by molar-refractivity contribution is 9.10. The smallest absolute Gasteiger partial charge is 0.411 e. The van der Waals surface area contributed by atoms with Gasteiger partial charge in [0, 0.05) is 0 Å². The van der Waals surface area contributed by atoms with Crippen molar-refractivity contribution in [2.24, 2.45) is 0 Å². The fourth-order valence-corrected chi connectivity index (χ4v) is 2.29. The quantitative estimate of drug-likeness (QED) is 0.834. The van der Waals surface area contributed by atoms with Crippen LogP contribution in [0.25, 0.3) is 0 Å². The minimum Gasteiger partial charge on any atom is -0.465 e. The van der Waals surface area contributed by atoms with Gasteiger partial charge in [0.1, 0.15) is 6.61 Å². The molecule has 2 aromatic rings. The van der Waals surface area contributed by atoms with Crippen molar-refractivity contribution < 1.29 is 19.1 Å². The fraction of sp³-hybridized carbons (Fsp3) is 0.125. The highest BCUT2D eigenvalue weighted by atomic mass is 79.9. The summed E-state index contributed by atoms with van der Waals surface area (Å²) in [5, 5.41) is 2.58. The van der Waals surface area contributed by atoms with Gasteiger partial charge in [0.25, 0.3) is 0 Å². The first-order chi connectivity index (χ1) is 10.6. The van der Waals surface area contributed by atoms with Gasteiger partial charge in [-0.1, -0.05) is 36.4 Å². The van der Waals surface area contributed by atoms with Crippen LogP contribution < -0.4 is 5.32 Å². The third-order valence-electron chi connectivity index (χ3n) is 2.85. The molecule has 1 amide bonds. The van der Waals surface area contributed by atoms with Crippen molar-refractivity contribution in [3.63, 3.8) is 0 Å². The van der Waals surface area contributed by atoms with Crippen LogP contribution in [-0.4, -0.2) is 19.2 Å². The van der Waals surface area contributed by atoms with Crippen molar-refractivity contribution in [2.75, 3.05) is 12.4 Å². The molecule has 0 aliphatic rings. The first-order valence-electron chi connectivity index (χ1n) is 6.46. The third-order valence-corrected chi connectivity index (χ3v) is 3.71. The lowest BCUT2D eigenvalue weighted by Crippen LogP contribution is -2.14. The number of esters is 1. The molecule has 0 atom stereocenters. The summed E-state index contributed by atoms with van der Waals surface area (Å²) in [7, 11) is 1.29. The van der Waals surface area contributed by atoms with Crippen LogP contribution >= 0.6 is 15.9 Å². The van der Waals surface area contributed by atoms with Crippen LogP contribution in [0.15, 0.2) is 53.0 Å². The molecule has 0 unspecified atom stereocenters. The number of hydrogen-bond acceptors (Lipinski definition) is 4. The maximum Gasteiger partial charge on any atom is 0.411 e. The van der Waals surface area contributed by atoms with Gasteiger partial charge >= 0.3 is 12.1 Å². The Morgan fingerprint density at radius 2 is 1.82 bits per heavy atom. The Balaban J connectivity index is 2.01. The number of carbonyl (C=O) groups is 2. The van der Waals surface area contributed by atoms with Crippen LogP contribution in [0.5, 0.6) is 0 Å². The first kappa shape index (κ1) is 16.0. The lowest BCUT2D eigenvalue weighted by Gasteiger charge is -2.10. The van der Waals surface area contributed by atoms with Crippen molar-refractivity contribution in [3.05, 3.63) is 64.1 Å². The van der Waals surface area contributed by atoms with Crippen LogP contribution in [0.3, 0.4) is 0 Å². The zero-order valence-electron chi connectivity index (χ0n) is 11.8. The summed E-state index contributed by atoms with van der Waals surface area (Å²) in [6, 6.07) is 14.2. The van der Waals surface area contributed by atoms with E-state index in [9.17, 15) is 9.59 Å². The number of halogens is 1. The third kappa shape index (κ3) is 4.08. The molecule has 0 saturated heterocycles. The summed E-state index contributed by atoms with van der Waals surface area (Å²) < 4.78 is 10.2. The van der Waals surface area contributed by atoms with E-state index in [-0.39, 0.29) is 6.61 Å². The maximum atomic E-state index is 11.8. The minimum absolute atomic E-state index is 0.168. The zero-order chi connectivity index (χ0) is 15.9. The highest BCUT2D eigenvalue weighted by Crippen LogP contribution is 2.27. The predicted octanol–water partition coefficient (Wildman–Crippen LogP) is 3.98. The number of anilines is 1. The molecule has 0 aliphatic carbocycles. The molecule has 0 saturated carbocycles. The number of carbonyl (C=O) groups excluding carboxylic acids is 2. The first-order valence-corrected chi connectivity index (χ1v) is 7.25. The van der Waals surface area contributed by atoms with Crippen LogP contribution in [-0.2, 0) is 16.1 Å². The van der Waals surface area contributed by atoms with Gasteiger partial charge < -0.3 is 9.47 Å². The van der Waals surface area contributed by atoms with Crippen LogP contribution in [0.1, 0.15) is 15.9 Å². The van der Waals surface area contributed by atoms with Crippen LogP contribution in [0.2, 0.25) is 0 Å². The SMILES string of the molecule is COC(=O)c1cccc(NC(=O)OCc2ccccc2)c1Br. The molecule has 2 rings (SSSR count). The van der Waals surface area contributed by atoms with Crippen molar-refractivity contribution >= 4 is 33.7 Å². The molecule has 0 aliphatic heterocycles. The molecule has 6 heteroatoms. The van der Waals surface area contributed by atoms with Gasteiger partial charge in [-0.2, -0.15) is 0 Å². The van der Waals surface area contributed by atoms with Gasteiger partial charge in [-0.15, -0.1) is 0 Å². The molecular weight excluding hydrogens is 350 g/mol. The average Bonchev–Trinajstić information content (AvgIpc) is 2.55. The molecule has 0 bridgehead atoms. The van der Waals surface area contributed by atoms with E-state index >= 15 is 0 Å². The molecular formula is C16H14BrNO4. The molecule has 22 heavy (non-hydrogen) atoms. The normalized spacial score (nSPS) is 9.91. The Morgan fingerprint density at radius 3 is 2.50 bits per heavy atom. The summed E-state index contributed by atoms with van der Waals surface area (Å²) >= 11 is 3.28. The van der Waals surface area contributed by atoms with Gasteiger partial charge in [-0.3, -0.25) is 5.32 Å². The van der Waals surface area contributed by atoms with Crippen molar-refractivity contribution in [3.8, 4) is 0 Å². The van der Waals surface area contributed by atoms with Gasteiger partial charge in [0.15, 0.2) is 0 Å². The summed E-state index contributed by atoms with van der Waals surface area (Å²) in [6.45, 7) is 0.168. The Hall–Kier alpha value is -2.34. The molecule has 5 nitrogen and oxygen atoms in total. The zero-order valence-corrected chi connectivity index (χ0v) is 13.4. The number of hydrogen-bond donors (Lipinski definition) is 1. The average molecular weight is 364 g/mol. The number of ether oxygens (including phenoxy) is 2. The second-order valence-corrected chi connectivity index (χ2v) is 5.14. The van der Waals surface area contributed by atoms with Gasteiger partial charge in [0.2, 0.25) is 0 Å². The van der Waals surface area contributed by atoms with E-state index < -0.39 is 12.1 Å². The van der Waals surface area contributed by atoms with E-state index in [1.165, 1.54) is 7.11 Å². The van der Waals surface area contributed by atoms with Crippen LogP contribution in [0, 0.1) is 0 Å². The highest BCUT2D eigenvalue weighted by Gasteiger charge is 2.15. The topological polar surface area (TPSA) is 64.6 Å². The number of nitrogens with one attached hydrogen (secondary N) is 1. The Bertz CT molecular complexity index is 673. The van der Waals surface area contributed by atoms with Crippen molar-refractivity contribution in [1.29, 1.82) is 0 Å². The van der Waals surface area contributed by atoms with E-state index in [1.54, 1.807) is 18.2 Å². The molecule has 0 fully saturated rings. The molecule has 1 N–H and O–H groups in total. The van der Waals surface area contributed by atoms with E-state index in [4.69, 9.17) is 4.74 Å². The summed E-state index contributed by atoms with van der Waals surface area (Å²) in [5.74, 6) is -0.492. The monoisotopic (exact) mass is 363 g/mol. The van der Waals surface area contributed by atoms with E-state index in [0.717, 1.165) is 5.56 Å². The van der Waals surface area contributed by atoms with Crippen molar-refractivity contribution in [2.45, 2.75) is 6.61 Å². The Kier molecular flexibility index (Phi) is 5.55. The minimum atomic E-state index is -0.605. The summed E-state index contributed by atoms with van der Waals surface area (Å²) in [5.41, 5.74) is 1.64. The molecule has 114 valence electrons. The van der Waals surface area contributed by atoms with Gasteiger partial charge in [-0.25, -0.2) is 9.59 Å². The predicted molar refractivity (Wildman–Crippen MR) is 85.7 cm³/mol. The number of rotatable bonds is 4. The fourth-order valence-electron chi connectivity index (χ4n) is 1.77. The van der Waals surface area contributed by atoms with Crippen molar-refractivity contribution in [1.82, 2.24) is 0 Å². The van der Waals surface area contributed by atoms with E-state index in [1.807, 2.05) is 30.3 Å². The largest absolute Gasteiger partial charge is 0.465 e. The van der Waals surface area contributed by atoms with Gasteiger partial charge in [-0.05, 0) is 33.6 Å². The van der Waals surface area contributed by atoms with Gasteiger partial charge in [0.05, 0.1) is 22.8 Å². The number of benzene rings is 2. The second kappa shape index (κ2) is 7.61. The number of methoxy groups -OCH3 is 1. The molecule has 0 spiro atoms. The molecule has 0 aromatic heterocycles. The number of amides is 1. The molecule has 0 radical (unpaired) electrons. The second-order valence-electron chi connectivity index (χ2n) is 4.35. The van der Waals surface area contributed by atoms with Crippen LogP contribution in [0.4, 0.5) is 10.5 Å².